The van der Waals surface area contributed by atoms with Crippen LogP contribution in [0, 0.1) is 16.7 Å². The number of nitriles is 1. The van der Waals surface area contributed by atoms with E-state index in [1.807, 2.05) is 59.5 Å². The van der Waals surface area contributed by atoms with Crippen molar-refractivity contribution in [1.82, 2.24) is 15.5 Å². The third-order valence-electron chi connectivity index (χ3n) is 11.6. The highest BCUT2D eigenvalue weighted by Crippen LogP contribution is 2.46. The van der Waals surface area contributed by atoms with Gasteiger partial charge in [0.25, 0.3) is 5.91 Å². The van der Waals surface area contributed by atoms with Crippen molar-refractivity contribution in [2.75, 3.05) is 66.2 Å². The van der Waals surface area contributed by atoms with Crippen molar-refractivity contribution in [3.8, 4) is 6.07 Å². The number of amides is 3. The molecule has 0 aliphatic carbocycles. The summed E-state index contributed by atoms with van der Waals surface area (Å²) in [7, 11) is 0. The molecule has 3 aromatic carbocycles. The number of hydrogen-bond acceptors (Lipinski definition) is 9. The van der Waals surface area contributed by atoms with Crippen LogP contribution in [0.4, 0.5) is 22.7 Å². The molecule has 11 nitrogen and oxygen atoms in total. The number of nitrogens with one attached hydrogen (secondary N) is 4. The minimum Gasteiger partial charge on any atom is -0.384 e. The molecule has 4 saturated heterocycles. The molecule has 0 unspecified atom stereocenters. The van der Waals surface area contributed by atoms with Crippen LogP contribution in [0.15, 0.2) is 66.7 Å². The first-order chi connectivity index (χ1) is 25.7. The molecule has 4 N–H and O–H groups in total. The van der Waals surface area contributed by atoms with Crippen molar-refractivity contribution in [2.24, 2.45) is 5.41 Å². The summed E-state index contributed by atoms with van der Waals surface area (Å²) >= 11 is 6.37. The van der Waals surface area contributed by atoms with Gasteiger partial charge >= 0.3 is 0 Å². The van der Waals surface area contributed by atoms with Gasteiger partial charge in [-0.05, 0) is 112 Å². The maximum absolute atomic E-state index is 13.4. The molecule has 0 radical (unpaired) electrons. The van der Waals surface area contributed by atoms with Gasteiger partial charge in [-0.3, -0.25) is 19.7 Å². The molecule has 12 heteroatoms. The Morgan fingerprint density at radius 2 is 1.68 bits per heavy atom. The summed E-state index contributed by atoms with van der Waals surface area (Å²) in [5.74, 6) is -0.400. The summed E-state index contributed by atoms with van der Waals surface area (Å²) in [5.41, 5.74) is 5.59. The van der Waals surface area contributed by atoms with Gasteiger partial charge in [0.2, 0.25) is 11.8 Å². The van der Waals surface area contributed by atoms with E-state index < -0.39 is 6.04 Å². The molecular weight excluding hydrogens is 688 g/mol. The Balaban J connectivity index is 0.818. The van der Waals surface area contributed by atoms with E-state index in [0.29, 0.717) is 35.5 Å². The first-order valence-corrected chi connectivity index (χ1v) is 19.3. The molecule has 0 aromatic heterocycles. The lowest BCUT2D eigenvalue weighted by atomic mass is 9.76. The number of carbonyl (C=O) groups is 3. The van der Waals surface area contributed by atoms with Crippen molar-refractivity contribution >= 4 is 52.1 Å². The Morgan fingerprint density at radius 3 is 2.40 bits per heavy atom. The molecule has 4 heterocycles. The number of imide groups is 1. The molecule has 1 spiro atoms. The monoisotopic (exact) mass is 736 g/mol. The zero-order chi connectivity index (χ0) is 37.0. The van der Waals surface area contributed by atoms with Gasteiger partial charge in [0.1, 0.15) is 12.1 Å². The Hall–Kier alpha value is -4.79. The summed E-state index contributed by atoms with van der Waals surface area (Å²) in [6, 6.07) is 24.3. The smallest absolute Gasteiger partial charge is 0.253 e. The van der Waals surface area contributed by atoms with E-state index in [9.17, 15) is 19.6 Å². The molecule has 278 valence electrons. The Bertz CT molecular complexity index is 1850. The Kier molecular flexibility index (Phi) is 11.1. The normalized spacial score (nSPS) is 21.7. The largest absolute Gasteiger partial charge is 0.384 e. The molecule has 0 saturated carbocycles. The minimum absolute atomic E-state index is 0.100. The summed E-state index contributed by atoms with van der Waals surface area (Å²) < 4.78 is 0. The van der Waals surface area contributed by atoms with Gasteiger partial charge in [-0.1, -0.05) is 17.7 Å². The van der Waals surface area contributed by atoms with Crippen LogP contribution in [0.1, 0.15) is 67.8 Å². The highest BCUT2D eigenvalue weighted by Gasteiger charge is 2.44. The maximum Gasteiger partial charge on any atom is 0.253 e. The van der Waals surface area contributed by atoms with Crippen LogP contribution >= 0.6 is 11.6 Å². The van der Waals surface area contributed by atoms with E-state index in [1.165, 1.54) is 5.69 Å². The van der Waals surface area contributed by atoms with Gasteiger partial charge < -0.3 is 30.7 Å². The maximum atomic E-state index is 13.4. The second kappa shape index (κ2) is 16.1. The predicted octanol–water partition coefficient (Wildman–Crippen LogP) is 5.62. The lowest BCUT2D eigenvalue weighted by Gasteiger charge is -2.40. The quantitative estimate of drug-likeness (QED) is 0.155. The number of halogens is 1. The number of likely N-dealkylation sites (tertiary alicyclic amines) is 1. The lowest BCUT2D eigenvalue weighted by molar-refractivity contribution is -0.133. The van der Waals surface area contributed by atoms with Crippen LogP contribution in [0.5, 0.6) is 0 Å². The van der Waals surface area contributed by atoms with Crippen molar-refractivity contribution in [2.45, 2.75) is 70.0 Å². The fourth-order valence-corrected chi connectivity index (χ4v) is 8.77. The molecule has 4 aliphatic rings. The Labute approximate surface area is 317 Å². The van der Waals surface area contributed by atoms with E-state index in [0.717, 1.165) is 101 Å². The standard InChI is InChI=1S/C41H49ClN8O3/c1-28-25-41(27-50(28)35-10-7-30(26-43)36(42)24-35)15-21-48(22-16-41)34-8-5-29(6-9-34)40(53)49-19-13-31(14-20-49)44-17-18-45-32-3-2-4-33(23-32)46-37-11-12-38(51)47-39(37)52/h2-10,23-24,28,31,37,44-46H,11-22,25,27H2,1H3,(H,47,51,52)/t28-,37+/m0/s1. The molecule has 0 bridgehead atoms. The minimum atomic E-state index is -0.409. The highest BCUT2D eigenvalue weighted by molar-refractivity contribution is 6.32. The second-order valence-corrected chi connectivity index (χ2v) is 15.6. The molecular formula is C41H49ClN8O3. The van der Waals surface area contributed by atoms with Crippen LogP contribution in [0.2, 0.25) is 5.02 Å². The predicted molar refractivity (Wildman–Crippen MR) is 210 cm³/mol. The topological polar surface area (TPSA) is 133 Å². The lowest BCUT2D eigenvalue weighted by Crippen LogP contribution is -2.47. The number of benzene rings is 3. The van der Waals surface area contributed by atoms with E-state index in [-0.39, 0.29) is 23.1 Å². The van der Waals surface area contributed by atoms with Crippen LogP contribution < -0.4 is 31.1 Å². The van der Waals surface area contributed by atoms with Crippen molar-refractivity contribution in [3.05, 3.63) is 82.9 Å². The first-order valence-electron chi connectivity index (χ1n) is 19.0. The van der Waals surface area contributed by atoms with Crippen LogP contribution in [-0.4, -0.2) is 86.6 Å². The number of carbonyl (C=O) groups excluding carboxylic acids is 3. The summed E-state index contributed by atoms with van der Waals surface area (Å²) in [4.78, 5) is 43.8. The summed E-state index contributed by atoms with van der Waals surface area (Å²) in [6.45, 7) is 8.29. The molecule has 3 aromatic rings. The number of rotatable bonds is 10. The third kappa shape index (κ3) is 8.55. The van der Waals surface area contributed by atoms with Crippen LogP contribution in [0.3, 0.4) is 0 Å². The van der Waals surface area contributed by atoms with E-state index in [2.05, 4.69) is 56.2 Å². The van der Waals surface area contributed by atoms with Gasteiger partial charge in [0.15, 0.2) is 0 Å². The Morgan fingerprint density at radius 1 is 0.943 bits per heavy atom. The summed E-state index contributed by atoms with van der Waals surface area (Å²) in [6.07, 6.45) is 6.05. The molecule has 4 fully saturated rings. The van der Waals surface area contributed by atoms with E-state index in [4.69, 9.17) is 11.6 Å². The van der Waals surface area contributed by atoms with Crippen LogP contribution in [0.25, 0.3) is 0 Å². The van der Waals surface area contributed by atoms with Gasteiger partial charge in [0.05, 0.1) is 10.6 Å². The number of piperidine rings is 3. The molecule has 3 amide bonds. The molecule has 7 rings (SSSR count). The first kappa shape index (κ1) is 36.6. The van der Waals surface area contributed by atoms with E-state index in [1.54, 1.807) is 0 Å². The molecule has 4 aliphatic heterocycles. The highest BCUT2D eigenvalue weighted by atomic mass is 35.5. The third-order valence-corrected chi connectivity index (χ3v) is 11.9. The van der Waals surface area contributed by atoms with Gasteiger partial charge in [0, 0.05) is 92.6 Å². The average molecular weight is 737 g/mol. The van der Waals surface area contributed by atoms with Crippen molar-refractivity contribution in [3.63, 3.8) is 0 Å². The SMILES string of the molecule is C[C@H]1CC2(CCN(c3ccc(C(=O)N4CCC(NCCNc5cccc(N[C@@H]6CCC(=O)NC6=O)c5)CC4)cc3)CC2)CN1c1ccc(C#N)c(Cl)c1. The van der Waals surface area contributed by atoms with Gasteiger partial charge in [-0.15, -0.1) is 0 Å². The average Bonchev–Trinajstić information content (AvgIpc) is 3.49. The summed E-state index contributed by atoms with van der Waals surface area (Å²) in [5, 5.41) is 22.5. The zero-order valence-corrected chi connectivity index (χ0v) is 31.1. The molecule has 2 atom stereocenters. The van der Waals surface area contributed by atoms with Crippen molar-refractivity contribution < 1.29 is 14.4 Å². The fourth-order valence-electron chi connectivity index (χ4n) is 8.56. The second-order valence-electron chi connectivity index (χ2n) is 15.2. The number of nitrogens with zero attached hydrogens (tertiary/aromatic N) is 4. The molecule has 53 heavy (non-hydrogen) atoms. The van der Waals surface area contributed by atoms with E-state index >= 15 is 0 Å². The number of anilines is 4. The van der Waals surface area contributed by atoms with Gasteiger partial charge in [-0.2, -0.15) is 5.26 Å². The van der Waals surface area contributed by atoms with Gasteiger partial charge in [-0.25, -0.2) is 0 Å². The number of hydrogen-bond donors (Lipinski definition) is 4. The zero-order valence-electron chi connectivity index (χ0n) is 30.4. The fraction of sp³-hybridized carbons (Fsp3) is 0.463. The van der Waals surface area contributed by atoms with Crippen LogP contribution in [-0.2, 0) is 9.59 Å². The van der Waals surface area contributed by atoms with Crippen molar-refractivity contribution in [1.29, 1.82) is 5.26 Å².